The van der Waals surface area contributed by atoms with Gasteiger partial charge in [-0.3, -0.25) is 4.28 Å². The highest BCUT2D eigenvalue weighted by Crippen LogP contribution is 2.22. The molecular formula is C16H15NO5S3. The lowest BCUT2D eigenvalue weighted by molar-refractivity contribution is -0.132. The Morgan fingerprint density at radius 3 is 2.20 bits per heavy atom. The second kappa shape index (κ2) is 8.93. The Bertz CT molecular complexity index is 849. The van der Waals surface area contributed by atoms with E-state index in [2.05, 4.69) is 14.2 Å². The summed E-state index contributed by atoms with van der Waals surface area (Å²) in [5, 5.41) is 3.27. The first-order valence-corrected chi connectivity index (χ1v) is 10.4. The van der Waals surface area contributed by atoms with E-state index >= 15 is 0 Å². The molecule has 0 aromatic heterocycles. The molecule has 0 saturated heterocycles. The summed E-state index contributed by atoms with van der Waals surface area (Å²) in [5.74, 6) is -0.790. The topological polar surface area (TPSA) is 82.0 Å². The van der Waals surface area contributed by atoms with Gasteiger partial charge in [0.15, 0.2) is 0 Å². The highest BCUT2D eigenvalue weighted by atomic mass is 32.2. The van der Waals surface area contributed by atoms with Crippen molar-refractivity contribution < 1.29 is 22.2 Å². The zero-order valence-corrected chi connectivity index (χ0v) is 15.9. The van der Waals surface area contributed by atoms with Crippen molar-refractivity contribution in [2.45, 2.75) is 14.7 Å². The number of esters is 1. The molecule has 25 heavy (non-hydrogen) atoms. The lowest BCUT2D eigenvalue weighted by Crippen LogP contribution is -2.14. The Morgan fingerprint density at radius 1 is 1.00 bits per heavy atom. The molecule has 0 aliphatic heterocycles. The lowest BCUT2D eigenvalue weighted by Gasteiger charge is -2.05. The summed E-state index contributed by atoms with van der Waals surface area (Å²) < 4.78 is 33.7. The number of rotatable bonds is 5. The molecule has 0 spiro atoms. The van der Waals surface area contributed by atoms with E-state index in [-0.39, 0.29) is 9.94 Å². The SMILES string of the molecule is COC(=O)C(=NOS(=O)(=O)c1ccc(SC)cc1)Sc1ccccc1. The Kier molecular flexibility index (Phi) is 6.91. The molecule has 0 saturated carbocycles. The van der Waals surface area contributed by atoms with Crippen LogP contribution in [0, 0.1) is 0 Å². The van der Waals surface area contributed by atoms with Crippen LogP contribution in [0.25, 0.3) is 0 Å². The molecule has 132 valence electrons. The maximum atomic E-state index is 12.2. The molecule has 6 nitrogen and oxygen atoms in total. The van der Waals surface area contributed by atoms with E-state index in [0.29, 0.717) is 4.90 Å². The van der Waals surface area contributed by atoms with Crippen molar-refractivity contribution in [1.29, 1.82) is 0 Å². The predicted molar refractivity (Wildman–Crippen MR) is 98.2 cm³/mol. The van der Waals surface area contributed by atoms with E-state index in [1.165, 1.54) is 31.0 Å². The fraction of sp³-hybridized carbons (Fsp3) is 0.125. The highest BCUT2D eigenvalue weighted by molar-refractivity contribution is 8.15. The quantitative estimate of drug-likeness (QED) is 0.251. The van der Waals surface area contributed by atoms with Gasteiger partial charge >= 0.3 is 16.1 Å². The number of hydrogen-bond acceptors (Lipinski definition) is 8. The van der Waals surface area contributed by atoms with Gasteiger partial charge in [0.1, 0.15) is 4.90 Å². The summed E-state index contributed by atoms with van der Waals surface area (Å²) in [6, 6.07) is 15.0. The van der Waals surface area contributed by atoms with Crippen molar-refractivity contribution in [1.82, 2.24) is 0 Å². The molecule has 2 aromatic carbocycles. The first-order valence-electron chi connectivity index (χ1n) is 6.93. The first kappa shape index (κ1) is 19.4. The summed E-state index contributed by atoms with van der Waals surface area (Å²) in [6.45, 7) is 0. The largest absolute Gasteiger partial charge is 0.464 e. The Hall–Kier alpha value is -1.97. The number of carbonyl (C=O) groups excluding carboxylic acids is 1. The third kappa shape index (κ3) is 5.52. The van der Waals surface area contributed by atoms with Crippen LogP contribution in [0.5, 0.6) is 0 Å². The second-order valence-electron chi connectivity index (χ2n) is 4.51. The van der Waals surface area contributed by atoms with Gasteiger partial charge in [0.25, 0.3) is 0 Å². The van der Waals surface area contributed by atoms with Gasteiger partial charge in [0.2, 0.25) is 5.04 Å². The number of methoxy groups -OCH3 is 1. The van der Waals surface area contributed by atoms with Crippen LogP contribution in [0.4, 0.5) is 0 Å². The predicted octanol–water partition coefficient (Wildman–Crippen LogP) is 3.39. The normalized spacial score (nSPS) is 11.8. The van der Waals surface area contributed by atoms with Gasteiger partial charge in [-0.25, -0.2) is 4.79 Å². The summed E-state index contributed by atoms with van der Waals surface area (Å²) >= 11 is 2.43. The molecule has 0 aliphatic carbocycles. The van der Waals surface area contributed by atoms with Crippen LogP contribution in [-0.2, 0) is 23.9 Å². The molecule has 2 aromatic rings. The number of ether oxygens (including phenoxy) is 1. The zero-order valence-electron chi connectivity index (χ0n) is 13.4. The van der Waals surface area contributed by atoms with Gasteiger partial charge in [-0.05, 0) is 42.7 Å². The van der Waals surface area contributed by atoms with Crippen molar-refractivity contribution in [2.75, 3.05) is 13.4 Å². The molecule has 0 unspecified atom stereocenters. The third-order valence-electron chi connectivity index (χ3n) is 2.88. The first-order chi connectivity index (χ1) is 12.0. The van der Waals surface area contributed by atoms with Crippen molar-refractivity contribution in [3.8, 4) is 0 Å². The molecule has 0 aliphatic rings. The highest BCUT2D eigenvalue weighted by Gasteiger charge is 2.20. The summed E-state index contributed by atoms with van der Waals surface area (Å²) in [4.78, 5) is 13.4. The molecule has 9 heteroatoms. The third-order valence-corrected chi connectivity index (χ3v) is 5.69. The molecule has 0 heterocycles. The van der Waals surface area contributed by atoms with Gasteiger partial charge in [-0.2, -0.15) is 8.42 Å². The van der Waals surface area contributed by atoms with Crippen LogP contribution in [0.2, 0.25) is 0 Å². The average Bonchev–Trinajstić information content (AvgIpc) is 2.65. The molecule has 2 rings (SSSR count). The molecule has 0 N–H and O–H groups in total. The van der Waals surface area contributed by atoms with Crippen LogP contribution in [0.1, 0.15) is 0 Å². The standard InChI is InChI=1S/C16H15NO5S3/c1-21-16(18)15(24-13-6-4-3-5-7-13)17-22-25(19,20)14-10-8-12(23-2)9-11-14/h3-11H,1-2H3. The number of oxime groups is 1. The van der Waals surface area contributed by atoms with Crippen LogP contribution in [0.15, 0.2) is 74.4 Å². The van der Waals surface area contributed by atoms with E-state index in [9.17, 15) is 13.2 Å². The molecule has 0 radical (unpaired) electrons. The van der Waals surface area contributed by atoms with E-state index in [0.717, 1.165) is 16.7 Å². The van der Waals surface area contributed by atoms with Gasteiger partial charge in [0, 0.05) is 9.79 Å². The minimum Gasteiger partial charge on any atom is -0.464 e. The van der Waals surface area contributed by atoms with E-state index in [4.69, 9.17) is 0 Å². The summed E-state index contributed by atoms with van der Waals surface area (Å²) in [5.41, 5.74) is 0. The molecule has 0 bridgehead atoms. The van der Waals surface area contributed by atoms with E-state index in [1.54, 1.807) is 36.4 Å². The average molecular weight is 397 g/mol. The van der Waals surface area contributed by atoms with Crippen molar-refractivity contribution in [2.24, 2.45) is 5.16 Å². The van der Waals surface area contributed by atoms with Crippen LogP contribution < -0.4 is 0 Å². The molecular weight excluding hydrogens is 382 g/mol. The van der Waals surface area contributed by atoms with Gasteiger partial charge < -0.3 is 4.74 Å². The second-order valence-corrected chi connectivity index (χ2v) is 7.98. The van der Waals surface area contributed by atoms with Gasteiger partial charge in [-0.1, -0.05) is 35.1 Å². The van der Waals surface area contributed by atoms with Gasteiger partial charge in [0.05, 0.1) is 7.11 Å². The summed E-state index contributed by atoms with van der Waals surface area (Å²) in [7, 11) is -2.95. The number of hydrogen-bond donors (Lipinski definition) is 0. The molecule has 0 atom stereocenters. The van der Waals surface area contributed by atoms with Crippen LogP contribution in [0.3, 0.4) is 0 Å². The van der Waals surface area contributed by atoms with E-state index < -0.39 is 16.1 Å². The van der Waals surface area contributed by atoms with Crippen molar-refractivity contribution in [3.63, 3.8) is 0 Å². The number of thioether (sulfide) groups is 2. The number of carbonyl (C=O) groups is 1. The smallest absolute Gasteiger partial charge is 0.367 e. The fourth-order valence-electron chi connectivity index (χ4n) is 1.65. The molecule has 0 amide bonds. The number of nitrogens with zero attached hydrogens (tertiary/aromatic N) is 1. The Morgan fingerprint density at radius 2 is 1.64 bits per heavy atom. The van der Waals surface area contributed by atoms with Crippen LogP contribution >= 0.6 is 23.5 Å². The lowest BCUT2D eigenvalue weighted by atomic mass is 10.4. The van der Waals surface area contributed by atoms with Crippen molar-refractivity contribution in [3.05, 3.63) is 54.6 Å². The van der Waals surface area contributed by atoms with Gasteiger partial charge in [-0.15, -0.1) is 11.8 Å². The minimum atomic E-state index is -4.13. The monoisotopic (exact) mass is 397 g/mol. The Labute approximate surface area is 154 Å². The molecule has 0 fully saturated rings. The Balaban J connectivity index is 2.22. The van der Waals surface area contributed by atoms with Crippen LogP contribution in [-0.4, -0.2) is 32.8 Å². The van der Waals surface area contributed by atoms with Crippen molar-refractivity contribution >= 4 is 44.7 Å². The fourth-order valence-corrected chi connectivity index (χ4v) is 3.59. The van der Waals surface area contributed by atoms with E-state index in [1.807, 2.05) is 12.3 Å². The zero-order chi connectivity index (χ0) is 18.3. The maximum Gasteiger partial charge on any atom is 0.367 e. The number of benzene rings is 2. The minimum absolute atomic E-state index is 0.0528. The maximum absolute atomic E-state index is 12.2. The summed E-state index contributed by atoms with van der Waals surface area (Å²) in [6.07, 6.45) is 1.88.